The smallest absolute Gasteiger partial charge is 0.224 e. The summed E-state index contributed by atoms with van der Waals surface area (Å²) in [6.45, 7) is 1.84. The Labute approximate surface area is 186 Å². The van der Waals surface area contributed by atoms with Gasteiger partial charge in [0.05, 0.1) is 17.8 Å². The molecule has 2 N–H and O–H groups in total. The molecular weight excluding hydrogens is 400 g/mol. The van der Waals surface area contributed by atoms with Gasteiger partial charge in [-0.05, 0) is 29.8 Å². The largest absolute Gasteiger partial charge is 0.352 e. The second-order valence-corrected chi connectivity index (χ2v) is 7.48. The van der Waals surface area contributed by atoms with E-state index < -0.39 is 0 Å². The summed E-state index contributed by atoms with van der Waals surface area (Å²) in [5, 5.41) is 10.5. The molecule has 0 radical (unpaired) electrons. The number of carbonyl (C=O) groups excluding carboxylic acids is 2. The Bertz CT molecular complexity index is 1200. The molecule has 160 valence electrons. The van der Waals surface area contributed by atoms with E-state index >= 15 is 0 Å². The molecule has 0 fully saturated rings. The zero-order valence-corrected chi connectivity index (χ0v) is 17.8. The summed E-state index contributed by atoms with van der Waals surface area (Å²) in [6.07, 6.45) is 2.22. The molecule has 0 unspecified atom stereocenters. The average molecular weight is 425 g/mol. The van der Waals surface area contributed by atoms with Gasteiger partial charge in [0.25, 0.3) is 0 Å². The summed E-state index contributed by atoms with van der Waals surface area (Å²) in [4.78, 5) is 23.7. The Hall–Kier alpha value is -4.19. The van der Waals surface area contributed by atoms with E-state index in [-0.39, 0.29) is 18.2 Å². The van der Waals surface area contributed by atoms with Crippen molar-refractivity contribution in [1.29, 1.82) is 0 Å². The lowest BCUT2D eigenvalue weighted by Gasteiger charge is -2.07. The summed E-state index contributed by atoms with van der Waals surface area (Å²) >= 11 is 0. The zero-order valence-electron chi connectivity index (χ0n) is 17.8. The minimum atomic E-state index is -0.124. The fourth-order valence-electron chi connectivity index (χ4n) is 3.44. The minimum Gasteiger partial charge on any atom is -0.352 e. The Morgan fingerprint density at radius 1 is 0.875 bits per heavy atom. The van der Waals surface area contributed by atoms with Crippen LogP contribution in [0.25, 0.3) is 16.9 Å². The van der Waals surface area contributed by atoms with Gasteiger partial charge in [0, 0.05) is 36.5 Å². The van der Waals surface area contributed by atoms with Crippen molar-refractivity contribution in [1.82, 2.24) is 15.1 Å². The summed E-state index contributed by atoms with van der Waals surface area (Å²) in [7, 11) is 0. The van der Waals surface area contributed by atoms with Crippen LogP contribution in [0.3, 0.4) is 0 Å². The number of nitrogens with zero attached hydrogens (tertiary/aromatic N) is 2. The first-order valence-electron chi connectivity index (χ1n) is 10.4. The van der Waals surface area contributed by atoms with E-state index in [0.717, 1.165) is 28.1 Å². The van der Waals surface area contributed by atoms with E-state index in [1.165, 1.54) is 6.92 Å². The number of nitrogens with one attached hydrogen (secondary N) is 2. The van der Waals surface area contributed by atoms with Crippen LogP contribution in [0.1, 0.15) is 18.1 Å². The highest BCUT2D eigenvalue weighted by Gasteiger charge is 2.13. The van der Waals surface area contributed by atoms with E-state index in [2.05, 4.69) is 10.6 Å². The highest BCUT2D eigenvalue weighted by Crippen LogP contribution is 2.23. The molecule has 0 aliphatic rings. The van der Waals surface area contributed by atoms with Gasteiger partial charge in [0.15, 0.2) is 0 Å². The van der Waals surface area contributed by atoms with Crippen molar-refractivity contribution in [2.45, 2.75) is 19.9 Å². The third-order valence-electron chi connectivity index (χ3n) is 4.97. The van der Waals surface area contributed by atoms with Crippen molar-refractivity contribution in [2.24, 2.45) is 0 Å². The van der Waals surface area contributed by atoms with Gasteiger partial charge in [-0.25, -0.2) is 4.68 Å². The number of hydrogen-bond acceptors (Lipinski definition) is 3. The van der Waals surface area contributed by atoms with Crippen molar-refractivity contribution >= 4 is 17.5 Å². The number of aromatic nitrogens is 2. The minimum absolute atomic E-state index is 0.0799. The second-order valence-electron chi connectivity index (χ2n) is 7.48. The molecule has 6 nitrogen and oxygen atoms in total. The van der Waals surface area contributed by atoms with Crippen LogP contribution in [-0.2, 0) is 22.6 Å². The van der Waals surface area contributed by atoms with Crippen LogP contribution in [0.5, 0.6) is 0 Å². The molecular formula is C26H24N4O2. The lowest BCUT2D eigenvalue weighted by atomic mass is 10.1. The van der Waals surface area contributed by atoms with E-state index in [4.69, 9.17) is 5.10 Å². The third-order valence-corrected chi connectivity index (χ3v) is 4.97. The van der Waals surface area contributed by atoms with E-state index in [1.807, 2.05) is 83.7 Å². The number of hydrogen-bond donors (Lipinski definition) is 2. The van der Waals surface area contributed by atoms with E-state index in [1.54, 1.807) is 12.1 Å². The molecule has 0 atom stereocenters. The van der Waals surface area contributed by atoms with Crippen LogP contribution < -0.4 is 10.6 Å². The molecule has 6 heteroatoms. The molecule has 32 heavy (non-hydrogen) atoms. The Kier molecular flexibility index (Phi) is 6.41. The first-order chi connectivity index (χ1) is 15.6. The molecule has 0 saturated carbocycles. The standard InChI is InChI=1S/C26H24N4O2/c1-19(31)28-23-14-12-20(13-15-23)16-25(32)27-17-22-18-30(24-10-6-3-7-11-24)29-26(22)21-8-4-2-5-9-21/h2-15,18H,16-17H2,1H3,(H,27,32)(H,28,31). The number of rotatable bonds is 7. The molecule has 0 aliphatic heterocycles. The van der Waals surface area contributed by atoms with Gasteiger partial charge in [-0.15, -0.1) is 0 Å². The fourth-order valence-corrected chi connectivity index (χ4v) is 3.44. The molecule has 0 aliphatic carbocycles. The maximum atomic E-state index is 12.6. The topological polar surface area (TPSA) is 76.0 Å². The lowest BCUT2D eigenvalue weighted by Crippen LogP contribution is -2.24. The van der Waals surface area contributed by atoms with Gasteiger partial charge in [0.2, 0.25) is 11.8 Å². The van der Waals surface area contributed by atoms with Gasteiger partial charge in [-0.3, -0.25) is 9.59 Å². The summed E-state index contributed by atoms with van der Waals surface area (Å²) < 4.78 is 1.84. The van der Waals surface area contributed by atoms with Gasteiger partial charge >= 0.3 is 0 Å². The van der Waals surface area contributed by atoms with Crippen LogP contribution in [-0.4, -0.2) is 21.6 Å². The van der Waals surface area contributed by atoms with Crippen molar-refractivity contribution in [3.8, 4) is 16.9 Å². The Balaban J connectivity index is 1.48. The van der Waals surface area contributed by atoms with Crippen LogP contribution in [0, 0.1) is 0 Å². The van der Waals surface area contributed by atoms with Crippen LogP contribution >= 0.6 is 0 Å². The monoisotopic (exact) mass is 424 g/mol. The number of para-hydroxylation sites is 1. The normalized spacial score (nSPS) is 10.5. The number of benzene rings is 3. The van der Waals surface area contributed by atoms with Gasteiger partial charge in [0.1, 0.15) is 0 Å². The second kappa shape index (κ2) is 9.75. The van der Waals surface area contributed by atoms with Crippen LogP contribution in [0.2, 0.25) is 0 Å². The molecule has 4 aromatic rings. The maximum absolute atomic E-state index is 12.6. The average Bonchev–Trinajstić information content (AvgIpc) is 3.24. The number of carbonyl (C=O) groups is 2. The molecule has 2 amide bonds. The highest BCUT2D eigenvalue weighted by molar-refractivity contribution is 5.88. The summed E-state index contributed by atoms with van der Waals surface area (Å²) in [5.74, 6) is -0.204. The van der Waals surface area contributed by atoms with Gasteiger partial charge in [-0.1, -0.05) is 60.7 Å². The summed E-state index contributed by atoms with van der Waals surface area (Å²) in [5.41, 5.74) is 5.33. The molecule has 0 bridgehead atoms. The molecule has 4 rings (SSSR count). The molecule has 0 spiro atoms. The zero-order chi connectivity index (χ0) is 22.3. The van der Waals surface area contributed by atoms with Gasteiger partial charge < -0.3 is 10.6 Å². The fraction of sp³-hybridized carbons (Fsp3) is 0.115. The van der Waals surface area contributed by atoms with Crippen molar-refractivity contribution in [3.63, 3.8) is 0 Å². The third kappa shape index (κ3) is 5.29. The number of anilines is 1. The predicted molar refractivity (Wildman–Crippen MR) is 125 cm³/mol. The number of amides is 2. The van der Waals surface area contributed by atoms with E-state index in [0.29, 0.717) is 12.2 Å². The van der Waals surface area contributed by atoms with Crippen LogP contribution in [0.4, 0.5) is 5.69 Å². The lowest BCUT2D eigenvalue weighted by molar-refractivity contribution is -0.120. The Morgan fingerprint density at radius 2 is 1.53 bits per heavy atom. The molecule has 0 saturated heterocycles. The maximum Gasteiger partial charge on any atom is 0.224 e. The molecule has 1 heterocycles. The quantitative estimate of drug-likeness (QED) is 0.463. The summed E-state index contributed by atoms with van der Waals surface area (Å²) in [6, 6.07) is 27.1. The predicted octanol–water partition coefficient (Wildman–Crippen LogP) is 4.36. The van der Waals surface area contributed by atoms with Crippen molar-refractivity contribution < 1.29 is 9.59 Å². The van der Waals surface area contributed by atoms with Crippen LogP contribution in [0.15, 0.2) is 91.1 Å². The highest BCUT2D eigenvalue weighted by atomic mass is 16.2. The first-order valence-corrected chi connectivity index (χ1v) is 10.4. The first kappa shape index (κ1) is 21.1. The van der Waals surface area contributed by atoms with E-state index in [9.17, 15) is 9.59 Å². The van der Waals surface area contributed by atoms with Crippen molar-refractivity contribution in [3.05, 3.63) is 102 Å². The van der Waals surface area contributed by atoms with Gasteiger partial charge in [-0.2, -0.15) is 5.10 Å². The Morgan fingerprint density at radius 3 is 2.19 bits per heavy atom. The SMILES string of the molecule is CC(=O)Nc1ccc(CC(=O)NCc2cn(-c3ccccc3)nc2-c2ccccc2)cc1. The van der Waals surface area contributed by atoms with Crippen molar-refractivity contribution in [2.75, 3.05) is 5.32 Å². The molecule has 3 aromatic carbocycles. The molecule has 1 aromatic heterocycles.